The van der Waals surface area contributed by atoms with Crippen LogP contribution >= 0.6 is 11.3 Å². The van der Waals surface area contributed by atoms with Gasteiger partial charge in [0.1, 0.15) is 10.5 Å². The van der Waals surface area contributed by atoms with Crippen molar-refractivity contribution < 1.29 is 18.9 Å². The van der Waals surface area contributed by atoms with Crippen LogP contribution in [0.1, 0.15) is 17.0 Å². The van der Waals surface area contributed by atoms with Crippen molar-refractivity contribution in [3.05, 3.63) is 72.6 Å². The molecule has 2 aromatic carbocycles. The number of nitrogens with zero attached hydrogens (tertiary/aromatic N) is 3. The number of rotatable bonds is 2. The summed E-state index contributed by atoms with van der Waals surface area (Å²) in [5.41, 5.74) is 7.70. The summed E-state index contributed by atoms with van der Waals surface area (Å²) in [5, 5.41) is 20.0. The largest absolute Gasteiger partial charge is 0.454 e. The summed E-state index contributed by atoms with van der Waals surface area (Å²) in [6.07, 6.45) is 1.70. The third-order valence-corrected chi connectivity index (χ3v) is 6.92. The van der Waals surface area contributed by atoms with E-state index in [0.717, 1.165) is 16.9 Å². The molecule has 166 valence electrons. The Morgan fingerprint density at radius 3 is 2.29 bits per heavy atom. The third kappa shape index (κ3) is 2.86. The molecule has 4 heterocycles. The number of ether oxygens (including phenoxy) is 4. The SMILES string of the molecule is N#CC1=C(N)n2c(s/c(=C\c3ccc4c(c3)OCO4)c2=O)=C(C#N)[C@H]1c1ccc2c(c1)OCO2. The van der Waals surface area contributed by atoms with Gasteiger partial charge in [0, 0.05) is 0 Å². The predicted molar refractivity (Wildman–Crippen MR) is 121 cm³/mol. The van der Waals surface area contributed by atoms with Crippen LogP contribution in [0.3, 0.4) is 0 Å². The van der Waals surface area contributed by atoms with E-state index >= 15 is 0 Å². The van der Waals surface area contributed by atoms with Crippen LogP contribution in [0.15, 0.2) is 46.8 Å². The molecule has 0 bridgehead atoms. The number of nitriles is 2. The highest BCUT2D eigenvalue weighted by Gasteiger charge is 2.33. The maximum absolute atomic E-state index is 13.3. The second-order valence-corrected chi connectivity index (χ2v) is 8.68. The summed E-state index contributed by atoms with van der Waals surface area (Å²) >= 11 is 1.15. The summed E-state index contributed by atoms with van der Waals surface area (Å²) in [6.45, 7) is 0.250. The minimum Gasteiger partial charge on any atom is -0.454 e. The lowest BCUT2D eigenvalue weighted by Crippen LogP contribution is -2.38. The van der Waals surface area contributed by atoms with Gasteiger partial charge in [0.15, 0.2) is 23.0 Å². The second-order valence-electron chi connectivity index (χ2n) is 7.65. The Kier molecular flexibility index (Phi) is 4.37. The number of fused-ring (bicyclic) bond motifs is 3. The zero-order valence-corrected chi connectivity index (χ0v) is 18.2. The lowest BCUT2D eigenvalue weighted by Gasteiger charge is -2.22. The van der Waals surface area contributed by atoms with Gasteiger partial charge in [-0.25, -0.2) is 0 Å². The van der Waals surface area contributed by atoms with Gasteiger partial charge in [0.25, 0.3) is 5.56 Å². The Morgan fingerprint density at radius 2 is 1.59 bits per heavy atom. The molecule has 1 aromatic heterocycles. The third-order valence-electron chi connectivity index (χ3n) is 5.81. The average molecular weight is 470 g/mol. The summed E-state index contributed by atoms with van der Waals surface area (Å²) in [4.78, 5) is 13.3. The van der Waals surface area contributed by atoms with Gasteiger partial charge in [-0.15, -0.1) is 11.3 Å². The zero-order valence-electron chi connectivity index (χ0n) is 17.4. The number of hydrogen-bond acceptors (Lipinski definition) is 9. The molecule has 0 aliphatic carbocycles. The Hall–Kier alpha value is -4.67. The zero-order chi connectivity index (χ0) is 23.4. The van der Waals surface area contributed by atoms with Crippen LogP contribution in [0.5, 0.6) is 23.0 Å². The summed E-state index contributed by atoms with van der Waals surface area (Å²) in [7, 11) is 0. The molecule has 3 aliphatic rings. The monoisotopic (exact) mass is 470 g/mol. The fraction of sp³-hybridized carbons (Fsp3) is 0.125. The Bertz CT molecular complexity index is 1690. The lowest BCUT2D eigenvalue weighted by molar-refractivity contribution is 0.173. The van der Waals surface area contributed by atoms with E-state index in [1.807, 2.05) is 0 Å². The molecule has 0 saturated heterocycles. The lowest BCUT2D eigenvalue weighted by atomic mass is 9.84. The van der Waals surface area contributed by atoms with E-state index in [1.165, 1.54) is 4.57 Å². The van der Waals surface area contributed by atoms with Crippen LogP contribution in [-0.2, 0) is 0 Å². The van der Waals surface area contributed by atoms with E-state index in [0.29, 0.717) is 37.8 Å². The molecular weight excluding hydrogens is 456 g/mol. The molecule has 0 saturated carbocycles. The minimum absolute atomic E-state index is 0.00533. The fourth-order valence-corrected chi connectivity index (χ4v) is 5.36. The highest BCUT2D eigenvalue weighted by molar-refractivity contribution is 7.07. The first-order valence-corrected chi connectivity index (χ1v) is 11.0. The van der Waals surface area contributed by atoms with E-state index < -0.39 is 11.5 Å². The van der Waals surface area contributed by atoms with Gasteiger partial charge >= 0.3 is 0 Å². The van der Waals surface area contributed by atoms with Gasteiger partial charge in [-0.05, 0) is 41.5 Å². The number of thiazole rings is 1. The number of aromatic nitrogens is 1. The number of hydrogen-bond donors (Lipinski definition) is 1. The Morgan fingerprint density at radius 1 is 0.941 bits per heavy atom. The molecule has 0 spiro atoms. The molecule has 0 amide bonds. The van der Waals surface area contributed by atoms with Crippen molar-refractivity contribution in [1.29, 1.82) is 10.5 Å². The molecule has 3 aliphatic heterocycles. The van der Waals surface area contributed by atoms with Crippen molar-refractivity contribution >= 4 is 28.8 Å². The van der Waals surface area contributed by atoms with E-state index in [1.54, 1.807) is 42.5 Å². The minimum atomic E-state index is -0.735. The van der Waals surface area contributed by atoms with Gasteiger partial charge in [-0.2, -0.15) is 10.5 Å². The van der Waals surface area contributed by atoms with Crippen molar-refractivity contribution in [2.24, 2.45) is 5.73 Å². The number of nitrogens with two attached hydrogens (primary N) is 1. The smallest absolute Gasteiger partial charge is 0.274 e. The quantitative estimate of drug-likeness (QED) is 0.593. The van der Waals surface area contributed by atoms with Crippen LogP contribution in [-0.4, -0.2) is 18.2 Å². The topological polar surface area (TPSA) is 133 Å². The number of allylic oxidation sites excluding steroid dienone is 1. The predicted octanol–water partition coefficient (Wildman–Crippen LogP) is 1.32. The summed E-state index contributed by atoms with van der Waals surface area (Å²) in [6, 6.07) is 14.9. The maximum atomic E-state index is 13.3. The van der Waals surface area contributed by atoms with Crippen molar-refractivity contribution in [2.45, 2.75) is 5.92 Å². The van der Waals surface area contributed by atoms with Crippen LogP contribution in [0.25, 0.3) is 17.5 Å². The van der Waals surface area contributed by atoms with Crippen LogP contribution in [0.4, 0.5) is 0 Å². The van der Waals surface area contributed by atoms with Gasteiger partial charge in [-0.1, -0.05) is 12.1 Å². The standard InChI is InChI=1S/C24H14N4O5S/c25-8-14-21(13-2-4-17-19(7-13)33-11-31-17)15(9-26)24-28(22(14)27)23(29)20(34-24)6-12-1-3-16-18(5-12)32-10-30-16/h1-7,21H,10-11,27H2/b20-6-/t21-/m0/s1. The molecule has 1 atom stereocenters. The van der Waals surface area contributed by atoms with Crippen LogP contribution in [0, 0.1) is 22.7 Å². The molecule has 0 fully saturated rings. The molecule has 9 nitrogen and oxygen atoms in total. The second kappa shape index (κ2) is 7.44. The van der Waals surface area contributed by atoms with Crippen LogP contribution in [0.2, 0.25) is 0 Å². The molecular formula is C24H14N4O5S. The summed E-state index contributed by atoms with van der Waals surface area (Å²) in [5.74, 6) is 1.61. The highest BCUT2D eigenvalue weighted by Crippen LogP contribution is 2.41. The molecule has 3 aromatic rings. The van der Waals surface area contributed by atoms with E-state index in [9.17, 15) is 15.3 Å². The first kappa shape index (κ1) is 20.0. The summed E-state index contributed by atoms with van der Waals surface area (Å²) < 4.78 is 23.6. The van der Waals surface area contributed by atoms with E-state index in [4.69, 9.17) is 24.7 Å². The van der Waals surface area contributed by atoms with Crippen LogP contribution < -0.4 is 39.4 Å². The van der Waals surface area contributed by atoms with Gasteiger partial charge in [0.05, 0.1) is 33.7 Å². The first-order chi connectivity index (χ1) is 16.6. The average Bonchev–Trinajstić information content (AvgIpc) is 3.57. The van der Waals surface area contributed by atoms with E-state index in [2.05, 4.69) is 12.1 Å². The molecule has 6 rings (SSSR count). The van der Waals surface area contributed by atoms with Crippen molar-refractivity contribution in [1.82, 2.24) is 4.57 Å². The van der Waals surface area contributed by atoms with Crippen molar-refractivity contribution in [2.75, 3.05) is 13.6 Å². The first-order valence-electron chi connectivity index (χ1n) is 10.2. The van der Waals surface area contributed by atoms with E-state index in [-0.39, 0.29) is 30.6 Å². The molecule has 2 N–H and O–H groups in total. The molecule has 34 heavy (non-hydrogen) atoms. The molecule has 0 unspecified atom stereocenters. The normalized spacial score (nSPS) is 18.0. The van der Waals surface area contributed by atoms with Gasteiger partial charge < -0.3 is 24.7 Å². The van der Waals surface area contributed by atoms with Crippen molar-refractivity contribution in [3.8, 4) is 35.1 Å². The molecule has 0 radical (unpaired) electrons. The fourth-order valence-electron chi connectivity index (χ4n) is 4.23. The highest BCUT2D eigenvalue weighted by atomic mass is 32.1. The Balaban J connectivity index is 1.58. The molecule has 10 heteroatoms. The number of benzene rings is 2. The van der Waals surface area contributed by atoms with Gasteiger partial charge in [-0.3, -0.25) is 9.36 Å². The maximum Gasteiger partial charge on any atom is 0.274 e. The van der Waals surface area contributed by atoms with Crippen molar-refractivity contribution in [3.63, 3.8) is 0 Å². The Labute approximate surface area is 196 Å². The van der Waals surface area contributed by atoms with Gasteiger partial charge in [0.2, 0.25) is 13.6 Å².